The summed E-state index contributed by atoms with van der Waals surface area (Å²) < 4.78 is 17.6. The number of aromatic amines is 1. The first-order valence-corrected chi connectivity index (χ1v) is 13.1. The number of nitrogens with one attached hydrogen (secondary N) is 3. The maximum atomic E-state index is 12.9. The van der Waals surface area contributed by atoms with Crippen molar-refractivity contribution >= 4 is 34.1 Å². The number of imidazole rings is 1. The fraction of sp³-hybridized carbons (Fsp3) is 0.172. The predicted molar refractivity (Wildman–Crippen MR) is 153 cm³/mol. The number of benzene rings is 3. The number of methoxy groups -OCH3 is 1. The monoisotopic (exact) mass is 605 g/mol. The van der Waals surface area contributed by atoms with Crippen LogP contribution in [-0.4, -0.2) is 41.3 Å². The third-order valence-corrected chi connectivity index (χ3v) is 6.21. The van der Waals surface area contributed by atoms with Gasteiger partial charge in [-0.3, -0.25) is 4.79 Å². The molecule has 3 aromatic carbocycles. The maximum Gasteiger partial charge on any atom is 0.408 e. The third-order valence-electron chi connectivity index (χ3n) is 5.68. The molecule has 3 N–H and O–H groups in total. The molecule has 2 amide bonds. The summed E-state index contributed by atoms with van der Waals surface area (Å²) >= 11 is 3.42. The fourth-order valence-electron chi connectivity index (χ4n) is 3.61. The summed E-state index contributed by atoms with van der Waals surface area (Å²) in [6, 6.07) is 21.4. The first-order chi connectivity index (χ1) is 19.5. The minimum Gasteiger partial charge on any atom is -0.493 e. The highest BCUT2D eigenvalue weighted by Crippen LogP contribution is 2.28. The van der Waals surface area contributed by atoms with Gasteiger partial charge in [0.1, 0.15) is 19.3 Å². The topological polar surface area (TPSA) is 127 Å². The van der Waals surface area contributed by atoms with Crippen molar-refractivity contribution in [2.24, 2.45) is 5.10 Å². The summed E-state index contributed by atoms with van der Waals surface area (Å²) in [6.07, 6.45) is 3.99. The van der Waals surface area contributed by atoms with Crippen LogP contribution < -0.4 is 20.2 Å². The minimum atomic E-state index is -0.954. The second kappa shape index (κ2) is 14.5. The minimum absolute atomic E-state index is 0.0773. The summed E-state index contributed by atoms with van der Waals surface area (Å²) in [4.78, 5) is 32.2. The Morgan fingerprint density at radius 3 is 2.52 bits per heavy atom. The number of aromatic nitrogens is 2. The number of alkyl carbamates (subject to hydrolysis) is 1. The summed E-state index contributed by atoms with van der Waals surface area (Å²) in [7, 11) is 1.55. The van der Waals surface area contributed by atoms with Crippen molar-refractivity contribution < 1.29 is 23.8 Å². The number of ether oxygens (including phenoxy) is 3. The van der Waals surface area contributed by atoms with Crippen molar-refractivity contribution in [2.75, 3.05) is 7.11 Å². The van der Waals surface area contributed by atoms with E-state index < -0.39 is 18.0 Å². The molecule has 0 saturated heterocycles. The van der Waals surface area contributed by atoms with Gasteiger partial charge in [0, 0.05) is 22.8 Å². The number of carbonyl (C=O) groups excluding carboxylic acids is 2. The highest BCUT2D eigenvalue weighted by Gasteiger charge is 2.22. The molecule has 0 radical (unpaired) electrons. The van der Waals surface area contributed by atoms with E-state index in [-0.39, 0.29) is 13.0 Å². The summed E-state index contributed by atoms with van der Waals surface area (Å²) in [5.74, 6) is 0.570. The lowest BCUT2D eigenvalue weighted by Gasteiger charge is -2.16. The summed E-state index contributed by atoms with van der Waals surface area (Å²) in [6.45, 7) is 0.458. The van der Waals surface area contributed by atoms with Gasteiger partial charge < -0.3 is 24.5 Å². The van der Waals surface area contributed by atoms with Crippen molar-refractivity contribution in [1.29, 1.82) is 0 Å². The van der Waals surface area contributed by atoms with Crippen LogP contribution in [-0.2, 0) is 29.2 Å². The van der Waals surface area contributed by atoms with E-state index in [1.165, 1.54) is 12.5 Å². The number of hydrogen-bond acceptors (Lipinski definition) is 7. The Balaban J connectivity index is 1.34. The van der Waals surface area contributed by atoms with E-state index in [4.69, 9.17) is 14.2 Å². The van der Waals surface area contributed by atoms with Gasteiger partial charge in [-0.05, 0) is 47.0 Å². The van der Waals surface area contributed by atoms with Gasteiger partial charge >= 0.3 is 6.09 Å². The van der Waals surface area contributed by atoms with Crippen LogP contribution >= 0.6 is 15.9 Å². The van der Waals surface area contributed by atoms with E-state index in [2.05, 4.69) is 41.7 Å². The number of halogens is 1. The molecule has 0 spiro atoms. The van der Waals surface area contributed by atoms with Gasteiger partial charge in [-0.2, -0.15) is 5.10 Å². The van der Waals surface area contributed by atoms with Crippen molar-refractivity contribution in [3.63, 3.8) is 0 Å². The summed E-state index contributed by atoms with van der Waals surface area (Å²) in [5, 5.41) is 6.65. The van der Waals surface area contributed by atoms with Gasteiger partial charge in [-0.15, -0.1) is 0 Å². The van der Waals surface area contributed by atoms with Crippen molar-refractivity contribution in [3.8, 4) is 11.5 Å². The Bertz CT molecular complexity index is 1410. The van der Waals surface area contributed by atoms with Crippen LogP contribution in [0, 0.1) is 0 Å². The molecule has 1 aromatic heterocycles. The molecule has 4 rings (SSSR count). The molecule has 1 heterocycles. The normalized spacial score (nSPS) is 11.6. The van der Waals surface area contributed by atoms with Crippen LogP contribution in [0.4, 0.5) is 4.79 Å². The molecule has 0 aliphatic rings. The van der Waals surface area contributed by atoms with Gasteiger partial charge in [-0.1, -0.05) is 58.4 Å². The molecular weight excluding hydrogens is 578 g/mol. The fourth-order valence-corrected chi connectivity index (χ4v) is 3.87. The Kier molecular flexibility index (Phi) is 10.3. The number of H-pyrrole nitrogens is 1. The lowest BCUT2D eigenvalue weighted by Crippen LogP contribution is -2.47. The predicted octanol–water partition coefficient (Wildman–Crippen LogP) is 4.75. The van der Waals surface area contributed by atoms with Crippen LogP contribution in [0.25, 0.3) is 0 Å². The van der Waals surface area contributed by atoms with Crippen molar-refractivity contribution in [1.82, 2.24) is 20.7 Å². The van der Waals surface area contributed by atoms with E-state index in [9.17, 15) is 9.59 Å². The van der Waals surface area contributed by atoms with Gasteiger partial charge in [0.05, 0.1) is 19.7 Å². The summed E-state index contributed by atoms with van der Waals surface area (Å²) in [5.41, 5.74) is 5.66. The second-order valence-corrected chi connectivity index (χ2v) is 9.51. The lowest BCUT2D eigenvalue weighted by atomic mass is 10.1. The number of hydrogen-bond donors (Lipinski definition) is 3. The Labute approximate surface area is 239 Å². The maximum absolute atomic E-state index is 12.9. The molecule has 206 valence electrons. The lowest BCUT2D eigenvalue weighted by molar-refractivity contribution is -0.123. The highest BCUT2D eigenvalue weighted by molar-refractivity contribution is 9.10. The standard InChI is InChI=1S/C29H28BrN5O5/c1-38-27-13-22(9-12-26(27)39-17-21-7-10-23(30)11-8-21)15-33-35-28(36)25(14-24-16-31-19-32-24)34-29(37)40-18-20-5-3-2-4-6-20/h2-13,15-16,19,25H,14,17-18H2,1H3,(H,31,32)(H,34,37)(H,35,36)/b33-15-/t25-/m1/s1. The SMILES string of the molecule is COc1cc(/C=N\NC(=O)[C@@H](Cc2cnc[nH]2)NC(=O)OCc2ccccc2)ccc1OCc1ccc(Br)cc1. The average Bonchev–Trinajstić information content (AvgIpc) is 3.49. The largest absolute Gasteiger partial charge is 0.493 e. The molecular formula is C29H28BrN5O5. The van der Waals surface area contributed by atoms with Gasteiger partial charge in [0.2, 0.25) is 0 Å². The van der Waals surface area contributed by atoms with Crippen LogP contribution in [0.3, 0.4) is 0 Å². The van der Waals surface area contributed by atoms with Crippen LogP contribution in [0.2, 0.25) is 0 Å². The molecule has 0 aliphatic carbocycles. The zero-order valence-corrected chi connectivity index (χ0v) is 23.3. The number of nitrogens with zero attached hydrogens (tertiary/aromatic N) is 2. The Hall–Kier alpha value is -4.64. The van der Waals surface area contributed by atoms with E-state index in [0.717, 1.165) is 15.6 Å². The quantitative estimate of drug-likeness (QED) is 0.158. The molecule has 0 bridgehead atoms. The van der Waals surface area contributed by atoms with Gasteiger partial charge in [-0.25, -0.2) is 15.2 Å². The number of hydrazone groups is 1. The van der Waals surface area contributed by atoms with E-state index >= 15 is 0 Å². The van der Waals surface area contributed by atoms with E-state index in [1.807, 2.05) is 54.6 Å². The molecule has 4 aromatic rings. The first-order valence-electron chi connectivity index (χ1n) is 12.3. The van der Waals surface area contributed by atoms with Gasteiger partial charge in [0.15, 0.2) is 11.5 Å². The third kappa shape index (κ3) is 8.70. The van der Waals surface area contributed by atoms with Crippen LogP contribution in [0.5, 0.6) is 11.5 Å². The first kappa shape index (κ1) is 28.4. The van der Waals surface area contributed by atoms with Crippen molar-refractivity contribution in [2.45, 2.75) is 25.7 Å². The van der Waals surface area contributed by atoms with Crippen molar-refractivity contribution in [3.05, 3.63) is 112 Å². The molecule has 0 unspecified atom stereocenters. The number of carbonyl (C=O) groups is 2. The van der Waals surface area contributed by atoms with E-state index in [1.54, 1.807) is 31.5 Å². The highest BCUT2D eigenvalue weighted by atomic mass is 79.9. The van der Waals surface area contributed by atoms with E-state index in [0.29, 0.717) is 29.4 Å². The number of rotatable bonds is 12. The molecule has 11 heteroatoms. The molecule has 1 atom stereocenters. The zero-order valence-electron chi connectivity index (χ0n) is 21.7. The Morgan fingerprint density at radius 2 is 1.80 bits per heavy atom. The second-order valence-electron chi connectivity index (χ2n) is 8.60. The molecule has 0 saturated carbocycles. The zero-order chi connectivity index (χ0) is 28.2. The smallest absolute Gasteiger partial charge is 0.408 e. The molecule has 10 nitrogen and oxygen atoms in total. The van der Waals surface area contributed by atoms with Crippen LogP contribution in [0.1, 0.15) is 22.4 Å². The Morgan fingerprint density at radius 1 is 1.02 bits per heavy atom. The van der Waals surface area contributed by atoms with Gasteiger partial charge in [0.25, 0.3) is 5.91 Å². The molecule has 40 heavy (non-hydrogen) atoms. The average molecular weight is 606 g/mol. The van der Waals surface area contributed by atoms with Crippen LogP contribution in [0.15, 0.2) is 94.9 Å². The molecule has 0 aliphatic heterocycles. The molecule has 0 fully saturated rings. The number of amides is 2.